The molecule has 3 rings (SSSR count). The van der Waals surface area contributed by atoms with Gasteiger partial charge in [-0.1, -0.05) is 18.2 Å². The Hall–Kier alpha value is -2.69. The summed E-state index contributed by atoms with van der Waals surface area (Å²) in [4.78, 5) is 12.3. The lowest BCUT2D eigenvalue weighted by atomic mass is 10.1. The summed E-state index contributed by atoms with van der Waals surface area (Å²) in [5.41, 5.74) is 1.30. The van der Waals surface area contributed by atoms with E-state index in [4.69, 9.17) is 0 Å². The summed E-state index contributed by atoms with van der Waals surface area (Å²) in [7, 11) is 1.83. The zero-order valence-electron chi connectivity index (χ0n) is 11.2. The Morgan fingerprint density at radius 1 is 1.14 bits per heavy atom. The molecule has 0 atom stereocenters. The highest BCUT2D eigenvalue weighted by molar-refractivity contribution is 6.13. The van der Waals surface area contributed by atoms with Gasteiger partial charge in [0.2, 0.25) is 0 Å². The summed E-state index contributed by atoms with van der Waals surface area (Å²) < 4.78 is 28.3. The Kier molecular flexibility index (Phi) is 3.17. The fraction of sp³-hybridized carbons (Fsp3) is 0.0625. The molecule has 1 heterocycles. The van der Waals surface area contributed by atoms with Crippen molar-refractivity contribution in [3.8, 4) is 0 Å². The summed E-state index contributed by atoms with van der Waals surface area (Å²) in [5, 5.41) is 3.24. The molecule has 0 bridgehead atoms. The average Bonchev–Trinajstić information content (AvgIpc) is 2.80. The lowest BCUT2D eigenvalue weighted by Gasteiger charge is -2.05. The zero-order valence-corrected chi connectivity index (χ0v) is 11.2. The molecule has 0 saturated carbocycles. The molecule has 5 heteroatoms. The number of nitrogens with zero attached hydrogens (tertiary/aromatic N) is 1. The molecule has 21 heavy (non-hydrogen) atoms. The molecule has 106 valence electrons. The zero-order chi connectivity index (χ0) is 15.0. The van der Waals surface area contributed by atoms with Crippen LogP contribution in [0.4, 0.5) is 14.5 Å². The van der Waals surface area contributed by atoms with Gasteiger partial charge in [-0.25, -0.2) is 8.78 Å². The monoisotopic (exact) mass is 286 g/mol. The molecule has 1 amide bonds. The van der Waals surface area contributed by atoms with Crippen molar-refractivity contribution >= 4 is 22.5 Å². The second kappa shape index (κ2) is 5.01. The fourth-order valence-electron chi connectivity index (χ4n) is 2.30. The molecule has 3 aromatic rings. The van der Waals surface area contributed by atoms with Crippen molar-refractivity contribution in [1.29, 1.82) is 0 Å². The van der Waals surface area contributed by atoms with Crippen LogP contribution in [-0.4, -0.2) is 10.5 Å². The summed E-state index contributed by atoms with van der Waals surface area (Å²) >= 11 is 0. The van der Waals surface area contributed by atoms with E-state index in [0.717, 1.165) is 23.0 Å². The van der Waals surface area contributed by atoms with E-state index >= 15 is 0 Å². The Morgan fingerprint density at radius 3 is 2.67 bits per heavy atom. The number of carbonyl (C=O) groups excluding carboxylic acids is 1. The number of fused-ring (bicyclic) bond motifs is 1. The first-order valence-electron chi connectivity index (χ1n) is 6.37. The van der Waals surface area contributed by atoms with Gasteiger partial charge in [0.15, 0.2) is 0 Å². The number of hydrogen-bond donors (Lipinski definition) is 1. The number of benzene rings is 2. The van der Waals surface area contributed by atoms with Gasteiger partial charge in [-0.15, -0.1) is 0 Å². The third kappa shape index (κ3) is 2.38. The van der Waals surface area contributed by atoms with Gasteiger partial charge in [0, 0.05) is 30.2 Å². The van der Waals surface area contributed by atoms with Crippen molar-refractivity contribution in [1.82, 2.24) is 4.57 Å². The number of nitrogens with one attached hydrogen (secondary N) is 1. The van der Waals surface area contributed by atoms with Crippen LogP contribution in [0.3, 0.4) is 0 Å². The van der Waals surface area contributed by atoms with Gasteiger partial charge in [0.25, 0.3) is 5.91 Å². The number of aryl methyl sites for hydroxylation is 1. The van der Waals surface area contributed by atoms with E-state index in [-0.39, 0.29) is 5.69 Å². The van der Waals surface area contributed by atoms with Crippen molar-refractivity contribution < 1.29 is 13.6 Å². The molecule has 0 aliphatic rings. The maximum Gasteiger partial charge on any atom is 0.257 e. The Bertz CT molecular complexity index is 839. The van der Waals surface area contributed by atoms with E-state index in [2.05, 4.69) is 5.32 Å². The van der Waals surface area contributed by atoms with Crippen LogP contribution in [-0.2, 0) is 7.05 Å². The van der Waals surface area contributed by atoms with Crippen LogP contribution >= 0.6 is 0 Å². The van der Waals surface area contributed by atoms with Crippen molar-refractivity contribution in [3.63, 3.8) is 0 Å². The van der Waals surface area contributed by atoms with Crippen LogP contribution in [0.5, 0.6) is 0 Å². The number of carbonyl (C=O) groups is 1. The lowest BCUT2D eigenvalue weighted by molar-refractivity contribution is 0.102. The fourth-order valence-corrected chi connectivity index (χ4v) is 2.30. The molecule has 0 radical (unpaired) electrons. The van der Waals surface area contributed by atoms with E-state index in [1.54, 1.807) is 6.20 Å². The molecular weight excluding hydrogens is 274 g/mol. The Balaban J connectivity index is 1.98. The predicted octanol–water partition coefficient (Wildman–Crippen LogP) is 3.71. The van der Waals surface area contributed by atoms with Gasteiger partial charge < -0.3 is 9.88 Å². The number of aromatic nitrogens is 1. The topological polar surface area (TPSA) is 34.0 Å². The summed E-state index contributed by atoms with van der Waals surface area (Å²) in [5.74, 6) is -1.92. The van der Waals surface area contributed by atoms with E-state index in [0.29, 0.717) is 5.56 Å². The van der Waals surface area contributed by atoms with Crippen molar-refractivity contribution in [2.24, 2.45) is 7.05 Å². The van der Waals surface area contributed by atoms with Gasteiger partial charge in [0.05, 0.1) is 11.3 Å². The lowest BCUT2D eigenvalue weighted by Crippen LogP contribution is -2.12. The summed E-state index contributed by atoms with van der Waals surface area (Å²) in [6, 6.07) is 10.5. The number of para-hydroxylation sites is 1. The summed E-state index contributed by atoms with van der Waals surface area (Å²) in [6.07, 6.45) is 1.68. The molecule has 0 unspecified atom stereocenters. The standard InChI is InChI=1S/C16H12F2N2O/c1-20-9-12(11-4-2-3-5-15(11)20)16(21)19-14-7-6-10(17)8-13(14)18/h2-9H,1H3,(H,19,21). The van der Waals surface area contributed by atoms with Crippen molar-refractivity contribution in [3.05, 3.63) is 65.9 Å². The first-order chi connectivity index (χ1) is 10.1. The van der Waals surface area contributed by atoms with Gasteiger partial charge in [-0.3, -0.25) is 4.79 Å². The molecule has 1 N–H and O–H groups in total. The first kappa shape index (κ1) is 13.3. The number of rotatable bonds is 2. The van der Waals surface area contributed by atoms with E-state index in [1.165, 1.54) is 6.07 Å². The molecule has 2 aromatic carbocycles. The molecule has 0 aliphatic heterocycles. The first-order valence-corrected chi connectivity index (χ1v) is 6.37. The third-order valence-electron chi connectivity index (χ3n) is 3.32. The second-order valence-electron chi connectivity index (χ2n) is 4.75. The van der Waals surface area contributed by atoms with Crippen LogP contribution in [0, 0.1) is 11.6 Å². The molecule has 3 nitrogen and oxygen atoms in total. The van der Waals surface area contributed by atoms with Crippen LogP contribution < -0.4 is 5.32 Å². The Labute approximate surface area is 119 Å². The van der Waals surface area contributed by atoms with Gasteiger partial charge >= 0.3 is 0 Å². The van der Waals surface area contributed by atoms with Crippen LogP contribution in [0.2, 0.25) is 0 Å². The van der Waals surface area contributed by atoms with Crippen LogP contribution in [0.25, 0.3) is 10.9 Å². The van der Waals surface area contributed by atoms with Crippen LogP contribution in [0.15, 0.2) is 48.7 Å². The number of anilines is 1. The van der Waals surface area contributed by atoms with Gasteiger partial charge in [-0.05, 0) is 18.2 Å². The average molecular weight is 286 g/mol. The minimum Gasteiger partial charge on any atom is -0.350 e. The highest BCUT2D eigenvalue weighted by Gasteiger charge is 2.15. The number of halogens is 2. The molecule has 0 saturated heterocycles. The van der Waals surface area contributed by atoms with Crippen molar-refractivity contribution in [2.75, 3.05) is 5.32 Å². The van der Waals surface area contributed by atoms with Crippen molar-refractivity contribution in [2.45, 2.75) is 0 Å². The maximum absolute atomic E-state index is 13.6. The van der Waals surface area contributed by atoms with E-state index < -0.39 is 17.5 Å². The minimum absolute atomic E-state index is 0.0469. The molecule has 0 aliphatic carbocycles. The quantitative estimate of drug-likeness (QED) is 0.765. The number of amides is 1. The second-order valence-corrected chi connectivity index (χ2v) is 4.75. The normalized spacial score (nSPS) is 10.8. The molecule has 0 spiro atoms. The Morgan fingerprint density at radius 2 is 1.90 bits per heavy atom. The van der Waals surface area contributed by atoms with Crippen LogP contribution in [0.1, 0.15) is 10.4 Å². The van der Waals surface area contributed by atoms with E-state index in [9.17, 15) is 13.6 Å². The SMILES string of the molecule is Cn1cc(C(=O)Nc2ccc(F)cc2F)c2ccccc21. The smallest absolute Gasteiger partial charge is 0.257 e. The highest BCUT2D eigenvalue weighted by atomic mass is 19.1. The van der Waals surface area contributed by atoms with E-state index in [1.807, 2.05) is 35.9 Å². The largest absolute Gasteiger partial charge is 0.350 e. The highest BCUT2D eigenvalue weighted by Crippen LogP contribution is 2.22. The predicted molar refractivity (Wildman–Crippen MR) is 77.2 cm³/mol. The van der Waals surface area contributed by atoms with Gasteiger partial charge in [-0.2, -0.15) is 0 Å². The maximum atomic E-state index is 13.6. The third-order valence-corrected chi connectivity index (χ3v) is 3.32. The number of hydrogen-bond acceptors (Lipinski definition) is 1. The summed E-state index contributed by atoms with van der Waals surface area (Å²) in [6.45, 7) is 0. The molecule has 0 fully saturated rings. The van der Waals surface area contributed by atoms with Gasteiger partial charge in [0.1, 0.15) is 11.6 Å². The minimum atomic E-state index is -0.802. The molecule has 1 aromatic heterocycles. The molecular formula is C16H12F2N2O.